The number of sulfonamides is 1. The highest BCUT2D eigenvalue weighted by Gasteiger charge is 2.38. The van der Waals surface area contributed by atoms with Gasteiger partial charge in [0.2, 0.25) is 10.0 Å². The average molecular weight is 337 g/mol. The fraction of sp³-hybridized carbons (Fsp3) is 0.417. The molecule has 0 radical (unpaired) electrons. The summed E-state index contributed by atoms with van der Waals surface area (Å²) in [5.41, 5.74) is 0. The molecule has 0 spiro atoms. The van der Waals surface area contributed by atoms with E-state index in [0.717, 1.165) is 4.31 Å². The summed E-state index contributed by atoms with van der Waals surface area (Å²) in [5.74, 6) is -0.939. The van der Waals surface area contributed by atoms with Gasteiger partial charge in [-0.3, -0.25) is 0 Å². The number of carboxylic acid groups (broad SMARTS) is 1. The van der Waals surface area contributed by atoms with E-state index in [0.29, 0.717) is 0 Å². The van der Waals surface area contributed by atoms with Crippen LogP contribution < -0.4 is 4.74 Å². The Morgan fingerprint density at radius 1 is 1.32 bits per heavy atom. The summed E-state index contributed by atoms with van der Waals surface area (Å²) in [4.78, 5) is 10.3. The maximum atomic E-state index is 12.2. The van der Waals surface area contributed by atoms with E-state index in [1.807, 2.05) is 0 Å². The Kier molecular flexibility index (Phi) is 4.94. The minimum Gasteiger partial charge on any atom is -0.482 e. The van der Waals surface area contributed by atoms with Gasteiger partial charge < -0.3 is 14.6 Å². The Morgan fingerprint density at radius 3 is 2.41 bits per heavy atom. The van der Waals surface area contributed by atoms with E-state index in [1.54, 1.807) is 0 Å². The van der Waals surface area contributed by atoms with Gasteiger partial charge in [-0.05, 0) is 24.3 Å². The first-order valence-electron chi connectivity index (χ1n) is 6.17. The van der Waals surface area contributed by atoms with Gasteiger partial charge in [0.05, 0.1) is 11.0 Å². The van der Waals surface area contributed by atoms with E-state index < -0.39 is 35.3 Å². The van der Waals surface area contributed by atoms with Crippen LogP contribution in [0.4, 0.5) is 8.78 Å². The van der Waals surface area contributed by atoms with Gasteiger partial charge in [-0.15, -0.1) is 0 Å². The quantitative estimate of drug-likeness (QED) is 0.790. The molecule has 1 fully saturated rings. The molecule has 0 atom stereocenters. The molecular weight excluding hydrogens is 324 g/mol. The molecule has 1 N–H and O–H groups in total. The van der Waals surface area contributed by atoms with Gasteiger partial charge in [-0.2, -0.15) is 13.1 Å². The van der Waals surface area contributed by atoms with E-state index in [9.17, 15) is 22.0 Å². The van der Waals surface area contributed by atoms with Gasteiger partial charge in [0, 0.05) is 13.1 Å². The molecule has 0 amide bonds. The number of carbonyl (C=O) groups is 1. The average Bonchev–Trinajstić information content (AvgIpc) is 2.40. The molecule has 0 bridgehead atoms. The van der Waals surface area contributed by atoms with Crippen molar-refractivity contribution >= 4 is 16.0 Å². The lowest BCUT2D eigenvalue weighted by atomic mass is 10.2. The van der Waals surface area contributed by atoms with Gasteiger partial charge in [0.15, 0.2) is 6.61 Å². The second kappa shape index (κ2) is 6.55. The van der Waals surface area contributed by atoms with Crippen LogP contribution in [0.3, 0.4) is 0 Å². The molecule has 0 aromatic heterocycles. The Hall–Kier alpha value is -1.78. The number of rotatable bonds is 7. The largest absolute Gasteiger partial charge is 0.482 e. The molecule has 1 aliphatic heterocycles. The van der Waals surface area contributed by atoms with Crippen LogP contribution in [0.25, 0.3) is 0 Å². The summed E-state index contributed by atoms with van der Waals surface area (Å²) in [5, 5.41) is 8.47. The van der Waals surface area contributed by atoms with Crippen molar-refractivity contribution in [3.63, 3.8) is 0 Å². The zero-order valence-corrected chi connectivity index (χ0v) is 12.0. The van der Waals surface area contributed by atoms with Crippen molar-refractivity contribution < 1.29 is 36.6 Å². The van der Waals surface area contributed by atoms with Gasteiger partial charge >= 0.3 is 12.6 Å². The molecule has 0 saturated carbocycles. The first kappa shape index (κ1) is 16.6. The minimum atomic E-state index is -3.78. The molecular formula is C12H13F2NO6S. The maximum absolute atomic E-state index is 12.2. The third kappa shape index (κ3) is 3.90. The van der Waals surface area contributed by atoms with Crippen molar-refractivity contribution in [2.75, 3.05) is 19.7 Å². The highest BCUT2D eigenvalue weighted by atomic mass is 32.2. The van der Waals surface area contributed by atoms with E-state index in [1.165, 1.54) is 24.3 Å². The van der Waals surface area contributed by atoms with Crippen molar-refractivity contribution in [2.45, 2.75) is 17.6 Å². The first-order valence-corrected chi connectivity index (χ1v) is 7.61. The predicted octanol–water partition coefficient (Wildman–Crippen LogP) is 0.762. The number of ether oxygens (including phenoxy) is 2. The summed E-state index contributed by atoms with van der Waals surface area (Å²) < 4.78 is 58.4. The number of benzene rings is 1. The topological polar surface area (TPSA) is 93.1 Å². The molecule has 22 heavy (non-hydrogen) atoms. The zero-order chi connectivity index (χ0) is 16.3. The van der Waals surface area contributed by atoms with Gasteiger partial charge in [0.1, 0.15) is 5.75 Å². The molecule has 122 valence electrons. The molecule has 0 unspecified atom stereocenters. The molecule has 1 saturated heterocycles. The molecule has 1 aromatic carbocycles. The zero-order valence-electron chi connectivity index (χ0n) is 11.2. The van der Waals surface area contributed by atoms with Crippen LogP contribution >= 0.6 is 0 Å². The molecule has 0 aliphatic carbocycles. The molecule has 1 heterocycles. The van der Waals surface area contributed by atoms with Crippen LogP contribution in [-0.2, 0) is 19.6 Å². The molecule has 7 nitrogen and oxygen atoms in total. The lowest BCUT2D eigenvalue weighted by Gasteiger charge is -2.37. The maximum Gasteiger partial charge on any atom is 0.345 e. The highest BCUT2D eigenvalue weighted by molar-refractivity contribution is 7.89. The fourth-order valence-electron chi connectivity index (χ4n) is 1.83. The van der Waals surface area contributed by atoms with Crippen LogP contribution in [0, 0.1) is 0 Å². The van der Waals surface area contributed by atoms with Crippen molar-refractivity contribution in [1.82, 2.24) is 4.31 Å². The smallest absolute Gasteiger partial charge is 0.345 e. The number of halogens is 2. The van der Waals surface area contributed by atoms with Crippen LogP contribution in [0.2, 0.25) is 0 Å². The second-order valence-electron chi connectivity index (χ2n) is 4.49. The van der Waals surface area contributed by atoms with Crippen LogP contribution in [0.15, 0.2) is 29.2 Å². The molecule has 1 aliphatic rings. The Labute approximate surface area is 125 Å². The van der Waals surface area contributed by atoms with E-state index in [4.69, 9.17) is 9.84 Å². The Morgan fingerprint density at radius 2 is 1.91 bits per heavy atom. The van der Waals surface area contributed by atoms with Gasteiger partial charge in [-0.1, -0.05) is 0 Å². The standard InChI is InChI=1S/C12H13F2NO6S/c13-12(14)21-9-5-15(6-9)22(18,19)10-3-1-8(2-4-10)20-7-11(16)17/h1-4,9,12H,5-7H2,(H,16,17). The van der Waals surface area contributed by atoms with Crippen molar-refractivity contribution in [1.29, 1.82) is 0 Å². The molecule has 2 rings (SSSR count). The Balaban J connectivity index is 1.97. The summed E-state index contributed by atoms with van der Waals surface area (Å²) >= 11 is 0. The highest BCUT2D eigenvalue weighted by Crippen LogP contribution is 2.25. The third-order valence-electron chi connectivity index (χ3n) is 2.93. The number of hydrogen-bond donors (Lipinski definition) is 1. The van der Waals surface area contributed by atoms with Gasteiger partial charge in [0.25, 0.3) is 0 Å². The molecule has 10 heteroatoms. The lowest BCUT2D eigenvalue weighted by molar-refractivity contribution is -0.185. The normalized spacial score (nSPS) is 16.5. The minimum absolute atomic E-state index is 0.0364. The number of aliphatic carboxylic acids is 1. The van der Waals surface area contributed by atoms with E-state index in [-0.39, 0.29) is 23.7 Å². The number of carboxylic acids is 1. The number of alkyl halides is 2. The number of hydrogen-bond acceptors (Lipinski definition) is 5. The van der Waals surface area contributed by atoms with Gasteiger partial charge in [-0.25, -0.2) is 13.2 Å². The van der Waals surface area contributed by atoms with Crippen LogP contribution in [-0.4, -0.2) is 56.2 Å². The summed E-state index contributed by atoms with van der Waals surface area (Å²) in [6, 6.07) is 5.16. The summed E-state index contributed by atoms with van der Waals surface area (Å²) in [7, 11) is -3.78. The monoisotopic (exact) mass is 337 g/mol. The first-order chi connectivity index (χ1) is 10.3. The predicted molar refractivity (Wildman–Crippen MR) is 69.2 cm³/mol. The lowest BCUT2D eigenvalue weighted by Crippen LogP contribution is -2.55. The van der Waals surface area contributed by atoms with Crippen molar-refractivity contribution in [2.24, 2.45) is 0 Å². The van der Waals surface area contributed by atoms with Crippen LogP contribution in [0.5, 0.6) is 5.75 Å². The Bertz CT molecular complexity index is 628. The van der Waals surface area contributed by atoms with Crippen molar-refractivity contribution in [3.8, 4) is 5.75 Å². The fourth-order valence-corrected chi connectivity index (χ4v) is 3.33. The SMILES string of the molecule is O=C(O)COc1ccc(S(=O)(=O)N2CC(OC(F)F)C2)cc1. The second-order valence-corrected chi connectivity index (χ2v) is 6.43. The van der Waals surface area contributed by atoms with E-state index in [2.05, 4.69) is 4.74 Å². The van der Waals surface area contributed by atoms with Crippen LogP contribution in [0.1, 0.15) is 0 Å². The summed E-state index contributed by atoms with van der Waals surface area (Å²) in [6.45, 7) is -3.74. The van der Waals surface area contributed by atoms with E-state index >= 15 is 0 Å². The third-order valence-corrected chi connectivity index (χ3v) is 4.78. The molecule has 1 aromatic rings. The number of nitrogens with zero attached hydrogens (tertiary/aromatic N) is 1. The van der Waals surface area contributed by atoms with Crippen molar-refractivity contribution in [3.05, 3.63) is 24.3 Å². The summed E-state index contributed by atoms with van der Waals surface area (Å²) in [6.07, 6.45) is -0.812.